The molecule has 5 saturated carbocycles. The van der Waals surface area contributed by atoms with Crippen LogP contribution in [0.25, 0.3) is 0 Å². The minimum atomic E-state index is -0.376. The van der Waals surface area contributed by atoms with Crippen molar-refractivity contribution in [3.05, 3.63) is 0 Å². The molecule has 0 aromatic rings. The predicted molar refractivity (Wildman–Crippen MR) is 90.2 cm³/mol. The minimum Gasteiger partial charge on any atom is -0.393 e. The van der Waals surface area contributed by atoms with Crippen LogP contribution < -0.4 is 0 Å². The van der Waals surface area contributed by atoms with E-state index in [1.807, 2.05) is 0 Å². The molecule has 24 heavy (non-hydrogen) atoms. The van der Waals surface area contributed by atoms with Gasteiger partial charge in [-0.15, -0.1) is 0 Å². The molecule has 5 fully saturated rings. The Hall–Kier alpha value is -0.700. The van der Waals surface area contributed by atoms with Crippen molar-refractivity contribution in [2.75, 3.05) is 0 Å². The molecule has 3 nitrogen and oxygen atoms in total. The van der Waals surface area contributed by atoms with Crippen LogP contribution in [0, 0.1) is 38.9 Å². The van der Waals surface area contributed by atoms with Gasteiger partial charge in [0.1, 0.15) is 11.6 Å². The zero-order valence-electron chi connectivity index (χ0n) is 15.4. The number of aliphatic hydroxyl groups is 1. The number of hydrogen-bond acceptors (Lipinski definition) is 3. The van der Waals surface area contributed by atoms with Gasteiger partial charge in [-0.05, 0) is 54.8 Å². The van der Waals surface area contributed by atoms with Gasteiger partial charge in [0, 0.05) is 29.1 Å². The van der Waals surface area contributed by atoms with Gasteiger partial charge in [0.2, 0.25) is 0 Å². The van der Waals surface area contributed by atoms with E-state index in [1.54, 1.807) is 0 Å². The van der Waals surface area contributed by atoms with E-state index in [4.69, 9.17) is 0 Å². The lowest BCUT2D eigenvalue weighted by molar-refractivity contribution is -0.196. The molecule has 3 heteroatoms. The van der Waals surface area contributed by atoms with E-state index in [0.717, 1.165) is 32.1 Å². The number of Topliss-reactive ketones (excluding diaryl/α,β-unsaturated/α-hetero) is 2. The third kappa shape index (κ3) is 1.24. The second-order valence-electron chi connectivity index (χ2n) is 10.8. The third-order valence-corrected chi connectivity index (χ3v) is 10.2. The Morgan fingerprint density at radius 3 is 2.42 bits per heavy atom. The summed E-state index contributed by atoms with van der Waals surface area (Å²) in [4.78, 5) is 25.4. The molecule has 1 N–H and O–H groups in total. The van der Waals surface area contributed by atoms with Gasteiger partial charge in [-0.25, -0.2) is 0 Å². The topological polar surface area (TPSA) is 54.4 Å². The molecule has 0 bridgehead atoms. The Morgan fingerprint density at radius 1 is 1.00 bits per heavy atom. The van der Waals surface area contributed by atoms with Gasteiger partial charge < -0.3 is 5.11 Å². The Balaban J connectivity index is 1.66. The summed E-state index contributed by atoms with van der Waals surface area (Å²) in [5.74, 6) is 1.47. The monoisotopic (exact) mass is 330 g/mol. The largest absolute Gasteiger partial charge is 0.393 e. The zero-order chi connectivity index (χ0) is 17.3. The van der Waals surface area contributed by atoms with Gasteiger partial charge in [0.25, 0.3) is 0 Å². The molecule has 7 atom stereocenters. The van der Waals surface area contributed by atoms with Crippen LogP contribution >= 0.6 is 0 Å². The number of rotatable bonds is 0. The molecule has 5 rings (SSSR count). The van der Waals surface area contributed by atoms with E-state index >= 15 is 0 Å². The van der Waals surface area contributed by atoms with Crippen LogP contribution in [-0.4, -0.2) is 22.8 Å². The fraction of sp³-hybridized carbons (Fsp3) is 0.905. The number of ketones is 2. The van der Waals surface area contributed by atoms with Crippen molar-refractivity contribution >= 4 is 11.6 Å². The second kappa shape index (κ2) is 3.84. The first-order chi connectivity index (χ1) is 11.1. The lowest BCUT2D eigenvalue weighted by Gasteiger charge is -2.63. The summed E-state index contributed by atoms with van der Waals surface area (Å²) < 4.78 is 0. The van der Waals surface area contributed by atoms with E-state index in [0.29, 0.717) is 30.3 Å². The molecule has 0 spiro atoms. The molecule has 132 valence electrons. The lowest BCUT2D eigenvalue weighted by Crippen LogP contribution is -2.61. The van der Waals surface area contributed by atoms with Gasteiger partial charge in [-0.2, -0.15) is 0 Å². The first kappa shape index (κ1) is 15.5. The Kier molecular flexibility index (Phi) is 2.49. The fourth-order valence-electron chi connectivity index (χ4n) is 8.88. The fourth-order valence-corrected chi connectivity index (χ4v) is 8.88. The highest BCUT2D eigenvalue weighted by Gasteiger charge is 2.86. The van der Waals surface area contributed by atoms with E-state index in [1.165, 1.54) is 0 Å². The molecule has 0 heterocycles. The SMILES string of the molecule is CC1(C)C(=O)C[C@]2(C)[C@H]3CCC45CC4(CCC5=O)[C@]3(C)[C@H](O)C[C@@H]12. The van der Waals surface area contributed by atoms with Crippen LogP contribution in [0.4, 0.5) is 0 Å². The summed E-state index contributed by atoms with van der Waals surface area (Å²) in [5.41, 5.74) is -0.602. The molecule has 0 radical (unpaired) electrons. The average Bonchev–Trinajstić information content (AvgIpc) is 3.07. The summed E-state index contributed by atoms with van der Waals surface area (Å²) in [7, 11) is 0. The molecular weight excluding hydrogens is 300 g/mol. The first-order valence-electron chi connectivity index (χ1n) is 9.81. The molecule has 0 aromatic carbocycles. The van der Waals surface area contributed by atoms with Crippen molar-refractivity contribution in [3.63, 3.8) is 0 Å². The quantitative estimate of drug-likeness (QED) is 0.739. The maximum absolute atomic E-state index is 12.8. The third-order valence-electron chi connectivity index (χ3n) is 10.2. The van der Waals surface area contributed by atoms with Crippen molar-refractivity contribution in [1.29, 1.82) is 0 Å². The summed E-state index contributed by atoms with van der Waals surface area (Å²) in [5, 5.41) is 11.3. The minimum absolute atomic E-state index is 0.0102. The number of carbonyl (C=O) groups is 2. The van der Waals surface area contributed by atoms with Crippen molar-refractivity contribution in [3.8, 4) is 0 Å². The van der Waals surface area contributed by atoms with Crippen molar-refractivity contribution < 1.29 is 14.7 Å². The standard InChI is InChI=1S/C21H30O3/c1-17(2)13-9-15(23)19(4)12(18(13,3)10-16(17)24)5-7-20-11-21(19,20)8-6-14(20)22/h12-13,15,23H,5-11H2,1-4H3/t12-,13+,15-,18-,19+,20?,21?/m1/s1. The normalized spacial score (nSPS) is 60.3. The maximum atomic E-state index is 12.8. The molecular formula is C21H30O3. The maximum Gasteiger partial charge on any atom is 0.139 e. The molecule has 0 saturated heterocycles. The second-order valence-corrected chi connectivity index (χ2v) is 10.8. The molecule has 2 unspecified atom stereocenters. The lowest BCUT2D eigenvalue weighted by atomic mass is 9.42. The predicted octanol–water partition coefficient (Wildman–Crippen LogP) is 3.53. The van der Waals surface area contributed by atoms with Gasteiger partial charge in [-0.3, -0.25) is 9.59 Å². The molecule has 0 aromatic heterocycles. The summed E-state index contributed by atoms with van der Waals surface area (Å²) in [6.45, 7) is 8.77. The number of hydrogen-bond donors (Lipinski definition) is 1. The molecule has 0 aliphatic heterocycles. The van der Waals surface area contributed by atoms with Gasteiger partial charge >= 0.3 is 0 Å². The Bertz CT molecular complexity index is 681. The smallest absolute Gasteiger partial charge is 0.139 e. The van der Waals surface area contributed by atoms with Crippen LogP contribution in [0.5, 0.6) is 0 Å². The van der Waals surface area contributed by atoms with E-state index in [2.05, 4.69) is 27.7 Å². The number of carbonyl (C=O) groups excluding carboxylic acids is 2. The van der Waals surface area contributed by atoms with Crippen LogP contribution in [0.1, 0.15) is 72.6 Å². The van der Waals surface area contributed by atoms with Crippen molar-refractivity contribution in [2.45, 2.75) is 78.7 Å². The number of fused-ring (bicyclic) bond motifs is 3. The van der Waals surface area contributed by atoms with Crippen LogP contribution in [0.15, 0.2) is 0 Å². The first-order valence-corrected chi connectivity index (χ1v) is 9.81. The van der Waals surface area contributed by atoms with E-state index in [9.17, 15) is 14.7 Å². The van der Waals surface area contributed by atoms with Crippen molar-refractivity contribution in [2.24, 2.45) is 38.9 Å². The van der Waals surface area contributed by atoms with Crippen LogP contribution in [0.3, 0.4) is 0 Å². The van der Waals surface area contributed by atoms with Crippen molar-refractivity contribution in [1.82, 2.24) is 0 Å². The summed E-state index contributed by atoms with van der Waals surface area (Å²) in [6, 6.07) is 0. The van der Waals surface area contributed by atoms with Gasteiger partial charge in [0.15, 0.2) is 0 Å². The highest BCUT2D eigenvalue weighted by molar-refractivity contribution is 5.93. The van der Waals surface area contributed by atoms with Crippen LogP contribution in [0.2, 0.25) is 0 Å². The summed E-state index contributed by atoms with van der Waals surface area (Å²) in [6.07, 6.45) is 5.70. The van der Waals surface area contributed by atoms with E-state index < -0.39 is 0 Å². The van der Waals surface area contributed by atoms with E-state index in [-0.39, 0.29) is 39.1 Å². The highest BCUT2D eigenvalue weighted by Crippen LogP contribution is 2.88. The van der Waals surface area contributed by atoms with Gasteiger partial charge in [0.05, 0.1) is 6.10 Å². The number of aliphatic hydroxyl groups excluding tert-OH is 1. The summed E-state index contributed by atoms with van der Waals surface area (Å²) >= 11 is 0. The van der Waals surface area contributed by atoms with Gasteiger partial charge in [-0.1, -0.05) is 27.7 Å². The highest BCUT2D eigenvalue weighted by atomic mass is 16.3. The average molecular weight is 330 g/mol. The Morgan fingerprint density at radius 2 is 1.71 bits per heavy atom. The Labute approximate surface area is 144 Å². The molecule has 5 aliphatic rings. The molecule has 0 amide bonds. The van der Waals surface area contributed by atoms with Crippen LogP contribution in [-0.2, 0) is 9.59 Å². The molecule has 5 aliphatic carbocycles. The zero-order valence-corrected chi connectivity index (χ0v) is 15.4.